The van der Waals surface area contributed by atoms with Gasteiger partial charge in [0.25, 0.3) is 0 Å². The summed E-state index contributed by atoms with van der Waals surface area (Å²) in [6.07, 6.45) is 0.288. The molecule has 0 spiro atoms. The number of nitrogens with zero attached hydrogens (tertiary/aromatic N) is 1. The summed E-state index contributed by atoms with van der Waals surface area (Å²) in [5, 5.41) is 3.61. The van der Waals surface area contributed by atoms with E-state index < -0.39 is 17.3 Å². The van der Waals surface area contributed by atoms with Gasteiger partial charge < -0.3 is 0 Å². The Bertz CT molecular complexity index is 310. The van der Waals surface area contributed by atoms with Gasteiger partial charge in [-0.05, 0) is 39.9 Å². The molecule has 1 aliphatic rings. The van der Waals surface area contributed by atoms with Crippen molar-refractivity contribution in [2.45, 2.75) is 39.9 Å². The minimum Gasteiger partial charge on any atom is -0.295 e. The van der Waals surface area contributed by atoms with Crippen LogP contribution in [0.1, 0.15) is 27.7 Å². The Labute approximate surface area is 92.9 Å². The van der Waals surface area contributed by atoms with E-state index in [9.17, 15) is 0 Å². The van der Waals surface area contributed by atoms with Crippen molar-refractivity contribution in [2.75, 3.05) is 0 Å². The van der Waals surface area contributed by atoms with Crippen LogP contribution in [-0.4, -0.2) is 17.3 Å². The van der Waals surface area contributed by atoms with Gasteiger partial charge in [-0.2, -0.15) is 4.74 Å². The first-order valence-corrected chi connectivity index (χ1v) is 7.78. The second-order valence-electron chi connectivity index (χ2n) is 3.30. The molecule has 0 amide bonds. The summed E-state index contributed by atoms with van der Waals surface area (Å²) in [5.74, 6) is 0. The van der Waals surface area contributed by atoms with E-state index in [1.165, 1.54) is 0 Å². The Morgan fingerprint density at radius 3 is 2.00 bits per heavy atom. The molecule has 14 heavy (non-hydrogen) atoms. The smallest absolute Gasteiger partial charge is 0.207 e. The Kier molecular flexibility index (Phi) is 4.73. The molecule has 7 heteroatoms. The van der Waals surface area contributed by atoms with Gasteiger partial charge in [-0.15, -0.1) is 0 Å². The van der Waals surface area contributed by atoms with Gasteiger partial charge in [0.1, 0.15) is 10.6 Å². The van der Waals surface area contributed by atoms with E-state index in [2.05, 4.69) is 9.83 Å². The molecule has 0 fully saturated rings. The summed E-state index contributed by atoms with van der Waals surface area (Å²) >= 11 is 4.84. The second-order valence-corrected chi connectivity index (χ2v) is 7.40. The summed E-state index contributed by atoms with van der Waals surface area (Å²) < 4.78 is 15.4. The highest BCUT2D eigenvalue weighted by Crippen LogP contribution is 2.26. The Hall–Kier alpha value is 0.260. The molecule has 0 aromatic rings. The van der Waals surface area contributed by atoms with Gasteiger partial charge in [0.15, 0.2) is 6.64 Å². The molecule has 82 valence electrons. The van der Waals surface area contributed by atoms with Crippen LogP contribution in [-0.2, 0) is 19.0 Å². The first kappa shape index (κ1) is 12.3. The van der Waals surface area contributed by atoms with Gasteiger partial charge in [0, 0.05) is 0 Å². The molecule has 1 N–H and O–H groups in total. The normalized spacial score (nSPS) is 18.5. The number of hydrogen-bond acceptors (Lipinski definition) is 3. The van der Waals surface area contributed by atoms with Gasteiger partial charge >= 0.3 is 0 Å². The van der Waals surface area contributed by atoms with Crippen LogP contribution < -0.4 is 5.09 Å². The standard InChI is InChI=1S/C7H15N2O2PS2/c1-5(2)10-14(11-6(3)4)12-8-7(13)9-12/h5-6H,1-4H3,(H,8,9,13). The zero-order valence-corrected chi connectivity index (χ0v) is 11.2. The molecule has 1 rings (SSSR count). The fraction of sp³-hybridized carbons (Fsp3) is 0.857. The van der Waals surface area contributed by atoms with Gasteiger partial charge in [-0.3, -0.25) is 13.5 Å². The molecule has 0 radical (unpaired) electrons. The lowest BCUT2D eigenvalue weighted by molar-refractivity contribution is 0.202. The van der Waals surface area contributed by atoms with E-state index in [0.29, 0.717) is 5.11 Å². The Balaban J connectivity index is 2.78. The maximum absolute atomic E-state index is 5.63. The summed E-state index contributed by atoms with van der Waals surface area (Å²) in [6, 6.07) is 0. The quantitative estimate of drug-likeness (QED) is 0.618. The fourth-order valence-corrected chi connectivity index (χ4v) is 5.30. The van der Waals surface area contributed by atoms with E-state index in [-0.39, 0.29) is 12.2 Å². The van der Waals surface area contributed by atoms with Crippen LogP contribution in [0.3, 0.4) is 0 Å². The molecule has 0 bridgehead atoms. The van der Waals surface area contributed by atoms with E-state index in [0.717, 1.165) is 0 Å². The molecule has 1 unspecified atom stereocenters. The van der Waals surface area contributed by atoms with Crippen LogP contribution in [0, 0.1) is 0 Å². The van der Waals surface area contributed by atoms with Crippen molar-refractivity contribution >= 4 is 34.6 Å². The SMILES string of the molecule is CC(C)OS(OC(C)C)=P1=NC(=S)N1. The summed E-state index contributed by atoms with van der Waals surface area (Å²) in [7, 11) is -0.564. The van der Waals surface area contributed by atoms with Crippen LogP contribution >= 0.6 is 18.9 Å². The predicted molar refractivity (Wildman–Crippen MR) is 64.9 cm³/mol. The number of nitrogens with one attached hydrogen (secondary N) is 1. The second kappa shape index (κ2) is 5.37. The lowest BCUT2D eigenvalue weighted by Crippen LogP contribution is -2.21. The molecule has 0 aliphatic carbocycles. The van der Waals surface area contributed by atoms with Crippen molar-refractivity contribution in [3.8, 4) is 0 Å². The molecule has 1 heterocycles. The Morgan fingerprint density at radius 1 is 1.29 bits per heavy atom. The van der Waals surface area contributed by atoms with Crippen molar-refractivity contribution in [1.82, 2.24) is 5.09 Å². The van der Waals surface area contributed by atoms with E-state index >= 15 is 0 Å². The van der Waals surface area contributed by atoms with Crippen LogP contribution in [0.15, 0.2) is 4.74 Å². The first-order valence-electron chi connectivity index (χ1n) is 4.40. The minimum absolute atomic E-state index is 0.144. The van der Waals surface area contributed by atoms with Crippen molar-refractivity contribution in [3.63, 3.8) is 0 Å². The highest BCUT2D eigenvalue weighted by molar-refractivity contribution is 8.18. The largest absolute Gasteiger partial charge is 0.295 e. The number of thiocarbonyl (C=S) groups is 1. The van der Waals surface area contributed by atoms with Crippen molar-refractivity contribution in [2.24, 2.45) is 4.74 Å². The van der Waals surface area contributed by atoms with Crippen LogP contribution in [0.25, 0.3) is 0 Å². The van der Waals surface area contributed by atoms with Gasteiger partial charge in [-0.25, -0.2) is 0 Å². The molecule has 1 atom stereocenters. The summed E-state index contributed by atoms with van der Waals surface area (Å²) in [5.41, 5.74) is 0. The third-order valence-corrected chi connectivity index (χ3v) is 5.59. The van der Waals surface area contributed by atoms with Crippen molar-refractivity contribution in [3.05, 3.63) is 0 Å². The van der Waals surface area contributed by atoms with Gasteiger partial charge in [-0.1, -0.05) is 0 Å². The lowest BCUT2D eigenvalue weighted by atomic mass is 10.5. The molecule has 0 aromatic carbocycles. The maximum atomic E-state index is 5.63. The Morgan fingerprint density at radius 2 is 1.71 bits per heavy atom. The predicted octanol–water partition coefficient (Wildman–Crippen LogP) is 2.67. The molecule has 0 saturated heterocycles. The fourth-order valence-electron chi connectivity index (χ4n) is 0.671. The monoisotopic (exact) mass is 254 g/mol. The lowest BCUT2D eigenvalue weighted by Gasteiger charge is -2.18. The third kappa shape index (κ3) is 3.79. The topological polar surface area (TPSA) is 42.9 Å². The van der Waals surface area contributed by atoms with Crippen LogP contribution in [0.5, 0.6) is 0 Å². The van der Waals surface area contributed by atoms with E-state index in [4.69, 9.17) is 20.6 Å². The van der Waals surface area contributed by atoms with Gasteiger partial charge in [0.05, 0.1) is 12.2 Å². The van der Waals surface area contributed by atoms with E-state index in [1.54, 1.807) is 0 Å². The molecule has 4 nitrogen and oxygen atoms in total. The average Bonchev–Trinajstić information content (AvgIpc) is 1.95. The number of rotatable bonds is 4. The molecule has 0 saturated carbocycles. The van der Waals surface area contributed by atoms with Crippen LogP contribution in [0.2, 0.25) is 0 Å². The zero-order valence-electron chi connectivity index (χ0n) is 8.68. The van der Waals surface area contributed by atoms with Crippen LogP contribution in [0.4, 0.5) is 0 Å². The summed E-state index contributed by atoms with van der Waals surface area (Å²) in [6.45, 7) is 7.18. The first-order chi connectivity index (χ1) is 6.49. The minimum atomic E-state index is -0.748. The highest BCUT2D eigenvalue weighted by Gasteiger charge is 2.14. The molecular formula is C7H15N2O2PS2. The average molecular weight is 254 g/mol. The highest BCUT2D eigenvalue weighted by atomic mass is 32.5. The van der Waals surface area contributed by atoms with E-state index in [1.807, 2.05) is 27.7 Å². The number of hydrogen-bond donors (Lipinski definition) is 1. The maximum Gasteiger partial charge on any atom is 0.207 e. The van der Waals surface area contributed by atoms with Gasteiger partial charge in [0.2, 0.25) is 5.11 Å². The molecule has 1 aliphatic heterocycles. The summed E-state index contributed by atoms with van der Waals surface area (Å²) in [4.78, 5) is 0. The third-order valence-electron chi connectivity index (χ3n) is 1.06. The zero-order chi connectivity index (χ0) is 10.7. The van der Waals surface area contributed by atoms with Crippen molar-refractivity contribution in [1.29, 1.82) is 0 Å². The molecule has 0 aromatic heterocycles. The molecular weight excluding hydrogens is 239 g/mol. The van der Waals surface area contributed by atoms with Crippen molar-refractivity contribution < 1.29 is 8.37 Å².